The number of fused-ring (bicyclic) bond motifs is 1. The van der Waals surface area contributed by atoms with Crippen LogP contribution in [0.5, 0.6) is 0 Å². The van der Waals surface area contributed by atoms with E-state index in [1.165, 1.54) is 18.1 Å². The van der Waals surface area contributed by atoms with E-state index in [1.54, 1.807) is 10.7 Å². The molecule has 0 unspecified atom stereocenters. The number of aromatic nitrogens is 3. The third kappa shape index (κ3) is 3.28. The molecule has 1 amide bonds. The van der Waals surface area contributed by atoms with Gasteiger partial charge in [-0.3, -0.25) is 4.79 Å². The normalized spacial score (nSPS) is 15.8. The van der Waals surface area contributed by atoms with Crippen molar-refractivity contribution in [3.63, 3.8) is 0 Å². The monoisotopic (exact) mass is 339 g/mol. The summed E-state index contributed by atoms with van der Waals surface area (Å²) < 4.78 is 6.77. The number of aryl methyl sites for hydroxylation is 1. The van der Waals surface area contributed by atoms with Crippen molar-refractivity contribution in [2.24, 2.45) is 7.05 Å². The summed E-state index contributed by atoms with van der Waals surface area (Å²) in [7, 11) is 1.89. The van der Waals surface area contributed by atoms with E-state index in [9.17, 15) is 4.79 Å². The zero-order valence-corrected chi connectivity index (χ0v) is 14.2. The second-order valence-corrected chi connectivity index (χ2v) is 6.50. The van der Waals surface area contributed by atoms with Crippen molar-refractivity contribution >= 4 is 16.9 Å². The Balaban J connectivity index is 1.30. The minimum Gasteiger partial charge on any atom is -0.472 e. The maximum Gasteiger partial charge on any atom is 0.257 e. The minimum atomic E-state index is 0.0558. The first-order chi connectivity index (χ1) is 12.2. The number of piperidine rings is 1. The summed E-state index contributed by atoms with van der Waals surface area (Å²) in [5.41, 5.74) is 3.78. The molecule has 0 saturated carbocycles. The van der Waals surface area contributed by atoms with Crippen LogP contribution in [0, 0.1) is 0 Å². The first-order valence-corrected chi connectivity index (χ1v) is 8.54. The predicted molar refractivity (Wildman–Crippen MR) is 93.0 cm³/mol. The molecule has 7 heteroatoms. The molecule has 1 aromatic carbocycles. The first-order valence-electron chi connectivity index (χ1n) is 8.54. The maximum absolute atomic E-state index is 12.3. The van der Waals surface area contributed by atoms with Gasteiger partial charge in [0.25, 0.3) is 5.91 Å². The number of nitrogens with zero attached hydrogens (tertiary/aromatic N) is 4. The van der Waals surface area contributed by atoms with Crippen LogP contribution in [-0.4, -0.2) is 44.9 Å². The van der Waals surface area contributed by atoms with Gasteiger partial charge in [-0.15, -0.1) is 5.10 Å². The fraction of sp³-hybridized carbons (Fsp3) is 0.389. The molecule has 1 aliphatic heterocycles. The topological polar surface area (TPSA) is 76.2 Å². The van der Waals surface area contributed by atoms with Crippen LogP contribution in [0.3, 0.4) is 0 Å². The van der Waals surface area contributed by atoms with E-state index >= 15 is 0 Å². The van der Waals surface area contributed by atoms with E-state index < -0.39 is 0 Å². The lowest BCUT2D eigenvalue weighted by atomic mass is 10.0. The SMILES string of the molecule is Cn1nnc2cc(CNC3CCN(C(=O)c4ccoc4)CC3)ccc21. The minimum absolute atomic E-state index is 0.0558. The summed E-state index contributed by atoms with van der Waals surface area (Å²) in [5, 5.41) is 11.8. The van der Waals surface area contributed by atoms with Crippen LogP contribution in [0.25, 0.3) is 11.0 Å². The second-order valence-electron chi connectivity index (χ2n) is 6.50. The van der Waals surface area contributed by atoms with Gasteiger partial charge in [0.05, 0.1) is 17.3 Å². The molecule has 3 heterocycles. The highest BCUT2D eigenvalue weighted by atomic mass is 16.3. The van der Waals surface area contributed by atoms with Crippen LogP contribution in [0.4, 0.5) is 0 Å². The van der Waals surface area contributed by atoms with E-state index in [1.807, 2.05) is 11.9 Å². The standard InChI is InChI=1S/C18H21N5O2/c1-22-17-3-2-13(10-16(17)20-21-22)11-19-15-4-7-23(8-5-15)18(24)14-6-9-25-12-14/h2-3,6,9-10,12,15,19H,4-5,7-8,11H2,1H3. The van der Waals surface area contributed by atoms with Crippen LogP contribution in [-0.2, 0) is 13.6 Å². The lowest BCUT2D eigenvalue weighted by Crippen LogP contribution is -2.44. The van der Waals surface area contributed by atoms with Crippen LogP contribution >= 0.6 is 0 Å². The number of rotatable bonds is 4. The average Bonchev–Trinajstić information content (AvgIpc) is 3.30. The highest BCUT2D eigenvalue weighted by molar-refractivity contribution is 5.93. The van der Waals surface area contributed by atoms with Gasteiger partial charge in [0.15, 0.2) is 0 Å². The summed E-state index contributed by atoms with van der Waals surface area (Å²) in [6.45, 7) is 2.34. The molecule has 25 heavy (non-hydrogen) atoms. The van der Waals surface area contributed by atoms with Crippen molar-refractivity contribution in [2.45, 2.75) is 25.4 Å². The lowest BCUT2D eigenvalue weighted by Gasteiger charge is -2.32. The lowest BCUT2D eigenvalue weighted by molar-refractivity contribution is 0.0704. The Morgan fingerprint density at radius 3 is 2.92 bits per heavy atom. The molecule has 1 N–H and O–H groups in total. The highest BCUT2D eigenvalue weighted by Gasteiger charge is 2.23. The van der Waals surface area contributed by atoms with E-state index in [-0.39, 0.29) is 5.91 Å². The van der Waals surface area contributed by atoms with Gasteiger partial charge in [0, 0.05) is 32.7 Å². The van der Waals surface area contributed by atoms with Gasteiger partial charge < -0.3 is 14.6 Å². The molecular formula is C18H21N5O2. The van der Waals surface area contributed by atoms with Gasteiger partial charge in [0.2, 0.25) is 0 Å². The van der Waals surface area contributed by atoms with Crippen molar-refractivity contribution in [3.8, 4) is 0 Å². The fourth-order valence-corrected chi connectivity index (χ4v) is 3.31. The quantitative estimate of drug-likeness (QED) is 0.786. The fourth-order valence-electron chi connectivity index (χ4n) is 3.31. The third-order valence-corrected chi connectivity index (χ3v) is 4.82. The van der Waals surface area contributed by atoms with Gasteiger partial charge in [-0.25, -0.2) is 4.68 Å². The van der Waals surface area contributed by atoms with Crippen molar-refractivity contribution < 1.29 is 9.21 Å². The van der Waals surface area contributed by atoms with Crippen molar-refractivity contribution in [1.29, 1.82) is 0 Å². The van der Waals surface area contributed by atoms with Gasteiger partial charge in [0.1, 0.15) is 11.8 Å². The summed E-state index contributed by atoms with van der Waals surface area (Å²) in [6.07, 6.45) is 4.96. The molecular weight excluding hydrogens is 318 g/mol. The number of benzene rings is 1. The Labute approximate surface area is 145 Å². The van der Waals surface area contributed by atoms with Crippen LogP contribution in [0.1, 0.15) is 28.8 Å². The number of amides is 1. The largest absolute Gasteiger partial charge is 0.472 e. The molecule has 0 aliphatic carbocycles. The Hall–Kier alpha value is -2.67. The summed E-state index contributed by atoms with van der Waals surface area (Å²) >= 11 is 0. The highest BCUT2D eigenvalue weighted by Crippen LogP contribution is 2.16. The third-order valence-electron chi connectivity index (χ3n) is 4.82. The summed E-state index contributed by atoms with van der Waals surface area (Å²) in [6, 6.07) is 8.38. The Kier molecular flexibility index (Phi) is 4.23. The van der Waals surface area contributed by atoms with Gasteiger partial charge in [-0.2, -0.15) is 0 Å². The van der Waals surface area contributed by atoms with E-state index in [4.69, 9.17) is 4.42 Å². The number of carbonyl (C=O) groups excluding carboxylic acids is 1. The van der Waals surface area contributed by atoms with Crippen LogP contribution in [0.15, 0.2) is 41.2 Å². The number of hydrogen-bond donors (Lipinski definition) is 1. The molecule has 2 aromatic heterocycles. The number of likely N-dealkylation sites (tertiary alicyclic amines) is 1. The number of nitrogens with one attached hydrogen (secondary N) is 1. The van der Waals surface area contributed by atoms with E-state index in [0.717, 1.165) is 43.5 Å². The maximum atomic E-state index is 12.3. The van der Waals surface area contributed by atoms with E-state index in [2.05, 4.69) is 33.8 Å². The predicted octanol–water partition coefficient (Wildman–Crippen LogP) is 1.96. The van der Waals surface area contributed by atoms with Crippen molar-refractivity contribution in [2.75, 3.05) is 13.1 Å². The molecule has 0 radical (unpaired) electrons. The van der Waals surface area contributed by atoms with E-state index in [0.29, 0.717) is 11.6 Å². The molecule has 130 valence electrons. The first kappa shape index (κ1) is 15.8. The van der Waals surface area contributed by atoms with Gasteiger partial charge in [-0.1, -0.05) is 11.3 Å². The Morgan fingerprint density at radius 2 is 2.16 bits per heavy atom. The molecule has 1 fully saturated rings. The molecule has 0 bridgehead atoms. The summed E-state index contributed by atoms with van der Waals surface area (Å²) in [5.74, 6) is 0.0558. The second kappa shape index (κ2) is 6.68. The number of furan rings is 1. The number of carbonyl (C=O) groups is 1. The molecule has 0 spiro atoms. The van der Waals surface area contributed by atoms with Gasteiger partial charge in [-0.05, 0) is 36.6 Å². The number of hydrogen-bond acceptors (Lipinski definition) is 5. The van der Waals surface area contributed by atoms with Crippen molar-refractivity contribution in [1.82, 2.24) is 25.2 Å². The van der Waals surface area contributed by atoms with Gasteiger partial charge >= 0.3 is 0 Å². The molecule has 7 nitrogen and oxygen atoms in total. The molecule has 4 rings (SSSR count). The smallest absolute Gasteiger partial charge is 0.257 e. The Bertz CT molecular complexity index is 863. The molecule has 1 aliphatic rings. The van der Waals surface area contributed by atoms with Crippen LogP contribution in [0.2, 0.25) is 0 Å². The zero-order valence-electron chi connectivity index (χ0n) is 14.2. The Morgan fingerprint density at radius 1 is 1.32 bits per heavy atom. The molecule has 3 aromatic rings. The summed E-state index contributed by atoms with van der Waals surface area (Å²) in [4.78, 5) is 14.2. The molecule has 0 atom stereocenters. The van der Waals surface area contributed by atoms with Crippen LogP contribution < -0.4 is 5.32 Å². The van der Waals surface area contributed by atoms with Crippen molar-refractivity contribution in [3.05, 3.63) is 47.9 Å². The molecule has 1 saturated heterocycles. The average molecular weight is 339 g/mol. The zero-order chi connectivity index (χ0) is 17.2.